The van der Waals surface area contributed by atoms with Gasteiger partial charge in [0.05, 0.1) is 18.2 Å². The molecule has 6 aromatic carbocycles. The Morgan fingerprint density at radius 1 is 0.553 bits per heavy atom. The quantitative estimate of drug-likeness (QED) is 0.0853. The first-order chi connectivity index (χ1) is 22.5. The van der Waals surface area contributed by atoms with E-state index in [0.29, 0.717) is 22.1 Å². The van der Waals surface area contributed by atoms with Crippen molar-refractivity contribution in [3.63, 3.8) is 0 Å². The fraction of sp³-hybridized carbons (Fsp3) is 0.128. The molecule has 47 heavy (non-hydrogen) atoms. The number of benzene rings is 6. The number of phenolic OH excluding ortho intramolecular Hbond substituents is 5. The Kier molecular flexibility index (Phi) is 7.95. The second kappa shape index (κ2) is 12.1. The summed E-state index contributed by atoms with van der Waals surface area (Å²) in [5.74, 6) is -2.96. The van der Waals surface area contributed by atoms with Crippen LogP contribution in [0.15, 0.2) is 84.9 Å². The van der Waals surface area contributed by atoms with Crippen LogP contribution in [-0.4, -0.2) is 44.2 Å². The number of ether oxygens (including phenoxy) is 1. The number of carbonyl (C=O) groups is 2. The second-order valence-corrected chi connectivity index (χ2v) is 11.6. The van der Waals surface area contributed by atoms with E-state index in [1.165, 1.54) is 19.2 Å². The number of ketones is 2. The van der Waals surface area contributed by atoms with Gasteiger partial charge in [-0.3, -0.25) is 9.59 Å². The van der Waals surface area contributed by atoms with Gasteiger partial charge in [0.2, 0.25) is 0 Å². The molecule has 6 rings (SSSR count). The van der Waals surface area contributed by atoms with Crippen LogP contribution >= 0.6 is 0 Å². The fourth-order valence-corrected chi connectivity index (χ4v) is 6.34. The maximum atomic E-state index is 13.6. The third kappa shape index (κ3) is 5.33. The van der Waals surface area contributed by atoms with Crippen LogP contribution in [0.3, 0.4) is 0 Å². The minimum atomic E-state index is -0.589. The molecule has 5 N–H and O–H groups in total. The van der Waals surface area contributed by atoms with Crippen molar-refractivity contribution in [2.24, 2.45) is 0 Å². The van der Waals surface area contributed by atoms with Crippen molar-refractivity contribution in [3.8, 4) is 45.6 Å². The molecule has 0 saturated heterocycles. The summed E-state index contributed by atoms with van der Waals surface area (Å²) >= 11 is 0. The average molecular weight is 629 g/mol. The minimum absolute atomic E-state index is 0.00443. The van der Waals surface area contributed by atoms with Gasteiger partial charge in [-0.05, 0) is 60.4 Å². The molecule has 236 valence electrons. The van der Waals surface area contributed by atoms with Crippen LogP contribution in [-0.2, 0) is 12.8 Å². The molecule has 8 nitrogen and oxygen atoms in total. The van der Waals surface area contributed by atoms with Gasteiger partial charge in [-0.1, -0.05) is 60.7 Å². The third-order valence-electron chi connectivity index (χ3n) is 8.56. The minimum Gasteiger partial charge on any atom is -0.507 e. The Hall–Kier alpha value is -6.02. The molecular weight excluding hydrogens is 596 g/mol. The first-order valence-electron chi connectivity index (χ1n) is 14.9. The molecule has 0 amide bonds. The van der Waals surface area contributed by atoms with E-state index < -0.39 is 17.3 Å². The Bertz CT molecular complexity index is 2220. The lowest BCUT2D eigenvalue weighted by Crippen LogP contribution is -2.07. The molecule has 6 aromatic rings. The highest BCUT2D eigenvalue weighted by Gasteiger charge is 2.28. The van der Waals surface area contributed by atoms with Gasteiger partial charge < -0.3 is 30.3 Å². The molecule has 8 heteroatoms. The maximum absolute atomic E-state index is 13.6. The number of phenols is 5. The molecule has 0 atom stereocenters. The molecule has 0 aromatic heterocycles. The number of rotatable bonds is 8. The van der Waals surface area contributed by atoms with E-state index in [2.05, 4.69) is 0 Å². The van der Waals surface area contributed by atoms with Gasteiger partial charge in [-0.25, -0.2) is 0 Å². The van der Waals surface area contributed by atoms with Crippen molar-refractivity contribution in [1.82, 2.24) is 0 Å². The zero-order valence-corrected chi connectivity index (χ0v) is 26.0. The normalized spacial score (nSPS) is 11.2. The summed E-state index contributed by atoms with van der Waals surface area (Å²) in [6.07, 6.45) is -0.0381. The monoisotopic (exact) mass is 628 g/mol. The predicted molar refractivity (Wildman–Crippen MR) is 180 cm³/mol. The third-order valence-corrected chi connectivity index (χ3v) is 8.56. The highest BCUT2D eigenvalue weighted by atomic mass is 16.5. The van der Waals surface area contributed by atoms with Crippen LogP contribution in [0, 0.1) is 13.8 Å². The van der Waals surface area contributed by atoms with E-state index >= 15 is 0 Å². The lowest BCUT2D eigenvalue weighted by Gasteiger charge is -2.20. The topological polar surface area (TPSA) is 145 Å². The van der Waals surface area contributed by atoms with Crippen LogP contribution in [0.25, 0.3) is 32.7 Å². The van der Waals surface area contributed by atoms with Gasteiger partial charge in [0.15, 0.2) is 34.6 Å². The maximum Gasteiger partial charge on any atom is 0.171 e. The number of hydrogen-bond donors (Lipinski definition) is 5. The molecule has 0 spiro atoms. The summed E-state index contributed by atoms with van der Waals surface area (Å²) in [5.41, 5.74) is 2.75. The van der Waals surface area contributed by atoms with Gasteiger partial charge >= 0.3 is 0 Å². The number of aromatic hydroxyl groups is 5. The van der Waals surface area contributed by atoms with E-state index in [9.17, 15) is 35.1 Å². The SMILES string of the molecule is COc1cc2c(O)c(-c3c(C)cc4c(C(=O)Cc5ccccc5)c(O)c(O)cc4c3O)c(C)cc2c(C(=O)Cc2ccccc2)c1O. The van der Waals surface area contributed by atoms with Crippen LogP contribution in [0.2, 0.25) is 0 Å². The van der Waals surface area contributed by atoms with E-state index in [-0.39, 0.29) is 80.0 Å². The van der Waals surface area contributed by atoms with Gasteiger partial charge in [-0.2, -0.15) is 0 Å². The van der Waals surface area contributed by atoms with Crippen molar-refractivity contribution in [3.05, 3.63) is 118 Å². The molecule has 0 aliphatic rings. The lowest BCUT2D eigenvalue weighted by atomic mass is 9.86. The standard InChI is InChI=1S/C39H32O8/c1-20-14-24-26(18-30(42)38(45)34(24)28(40)16-22-10-6-4-7-11-22)36(43)32(20)33-21(2)15-25-27(37(33)44)19-31(47-3)39(46)35(25)29(41)17-23-12-8-5-9-13-23/h4-15,18-19,42-46H,16-17H2,1-3H3. The fourth-order valence-electron chi connectivity index (χ4n) is 6.34. The van der Waals surface area contributed by atoms with Crippen molar-refractivity contribution in [2.75, 3.05) is 7.11 Å². The van der Waals surface area contributed by atoms with Gasteiger partial charge in [-0.15, -0.1) is 0 Å². The first-order valence-corrected chi connectivity index (χ1v) is 14.9. The predicted octanol–water partition coefficient (Wildman–Crippen LogP) is 7.66. The molecule has 0 fully saturated rings. The smallest absolute Gasteiger partial charge is 0.171 e. The van der Waals surface area contributed by atoms with E-state index in [4.69, 9.17) is 4.74 Å². The van der Waals surface area contributed by atoms with Gasteiger partial charge in [0.1, 0.15) is 11.5 Å². The summed E-state index contributed by atoms with van der Waals surface area (Å²) in [6, 6.07) is 23.9. The van der Waals surface area contributed by atoms with Crippen molar-refractivity contribution in [1.29, 1.82) is 0 Å². The van der Waals surface area contributed by atoms with Crippen LogP contribution in [0.1, 0.15) is 43.0 Å². The van der Waals surface area contributed by atoms with E-state index in [1.54, 1.807) is 50.2 Å². The number of fused-ring (bicyclic) bond motifs is 2. The van der Waals surface area contributed by atoms with Crippen molar-refractivity contribution < 1.29 is 39.9 Å². The molecular formula is C39H32O8. The summed E-state index contributed by atoms with van der Waals surface area (Å²) in [7, 11) is 1.34. The summed E-state index contributed by atoms with van der Waals surface area (Å²) in [5, 5.41) is 56.9. The van der Waals surface area contributed by atoms with Crippen LogP contribution in [0.5, 0.6) is 34.5 Å². The number of carbonyl (C=O) groups excluding carboxylic acids is 2. The molecule has 0 radical (unpaired) electrons. The molecule has 0 bridgehead atoms. The average Bonchev–Trinajstić information content (AvgIpc) is 3.04. The molecule has 0 aliphatic carbocycles. The van der Waals surface area contributed by atoms with Gasteiger partial charge in [0, 0.05) is 45.5 Å². The summed E-state index contributed by atoms with van der Waals surface area (Å²) in [6.45, 7) is 3.40. The van der Waals surface area contributed by atoms with E-state index in [0.717, 1.165) is 5.56 Å². The zero-order chi connectivity index (χ0) is 33.6. The Balaban J connectivity index is 1.56. The largest absolute Gasteiger partial charge is 0.507 e. The first kappa shape index (κ1) is 31.0. The molecule has 0 heterocycles. The van der Waals surface area contributed by atoms with Crippen molar-refractivity contribution in [2.45, 2.75) is 26.7 Å². The molecule has 0 saturated carbocycles. The van der Waals surface area contributed by atoms with Gasteiger partial charge in [0.25, 0.3) is 0 Å². The summed E-state index contributed by atoms with van der Waals surface area (Å²) in [4.78, 5) is 27.1. The molecule has 0 aliphatic heterocycles. The zero-order valence-electron chi connectivity index (χ0n) is 26.0. The Morgan fingerprint density at radius 3 is 1.43 bits per heavy atom. The van der Waals surface area contributed by atoms with Crippen molar-refractivity contribution >= 4 is 33.1 Å². The molecule has 0 unspecified atom stereocenters. The van der Waals surface area contributed by atoms with Crippen LogP contribution < -0.4 is 4.74 Å². The Morgan fingerprint density at radius 2 is 0.979 bits per heavy atom. The van der Waals surface area contributed by atoms with E-state index in [1.807, 2.05) is 36.4 Å². The highest BCUT2D eigenvalue weighted by Crippen LogP contribution is 2.51. The highest BCUT2D eigenvalue weighted by molar-refractivity contribution is 6.17. The second-order valence-electron chi connectivity index (χ2n) is 11.6. The Labute approximate surface area is 270 Å². The number of hydrogen-bond acceptors (Lipinski definition) is 8. The van der Waals surface area contributed by atoms with Crippen LogP contribution in [0.4, 0.5) is 0 Å². The number of methoxy groups -OCH3 is 1. The summed E-state index contributed by atoms with van der Waals surface area (Å²) < 4.78 is 5.39. The lowest BCUT2D eigenvalue weighted by molar-refractivity contribution is 0.0983. The number of aryl methyl sites for hydroxylation is 2. The number of Topliss-reactive ketones (excluding diaryl/α,β-unsaturated/α-hetero) is 2.